The summed E-state index contributed by atoms with van der Waals surface area (Å²) in [7, 11) is 2.02. The largest absolute Gasteiger partial charge is 0.396 e. The van der Waals surface area contributed by atoms with E-state index in [1.807, 2.05) is 13.1 Å². The molecule has 0 fully saturated rings. The predicted molar refractivity (Wildman–Crippen MR) is 133 cm³/mol. The second-order valence-electron chi connectivity index (χ2n) is 8.11. The molecule has 0 radical (unpaired) electrons. The molecule has 0 atom stereocenters. The molecule has 0 aliphatic rings. The first-order valence-corrected chi connectivity index (χ1v) is 12.1. The SMILES string of the molecule is CCc1ccc2nc(Cc3cc(Cc4ccccc4)nc(N(C)CCCCO)n3)sc2c1. The molecule has 0 aliphatic heterocycles. The summed E-state index contributed by atoms with van der Waals surface area (Å²) >= 11 is 1.75. The summed E-state index contributed by atoms with van der Waals surface area (Å²) in [6.45, 7) is 3.21. The Balaban J connectivity index is 1.61. The molecule has 4 rings (SSSR count). The van der Waals surface area contributed by atoms with Crippen molar-refractivity contribution in [3.05, 3.63) is 82.1 Å². The van der Waals surface area contributed by atoms with E-state index >= 15 is 0 Å². The van der Waals surface area contributed by atoms with Crippen LogP contribution in [-0.2, 0) is 19.3 Å². The van der Waals surface area contributed by atoms with Gasteiger partial charge in [-0.1, -0.05) is 43.3 Å². The van der Waals surface area contributed by atoms with Crippen molar-refractivity contribution in [2.24, 2.45) is 0 Å². The van der Waals surface area contributed by atoms with Crippen LogP contribution in [0, 0.1) is 0 Å². The van der Waals surface area contributed by atoms with Crippen molar-refractivity contribution in [1.82, 2.24) is 15.0 Å². The van der Waals surface area contributed by atoms with E-state index in [0.29, 0.717) is 6.42 Å². The highest BCUT2D eigenvalue weighted by atomic mass is 32.1. The average molecular weight is 447 g/mol. The highest BCUT2D eigenvalue weighted by molar-refractivity contribution is 7.18. The Morgan fingerprint density at radius 1 is 0.875 bits per heavy atom. The molecule has 0 spiro atoms. The van der Waals surface area contributed by atoms with Crippen molar-refractivity contribution in [2.75, 3.05) is 25.1 Å². The van der Waals surface area contributed by atoms with Crippen LogP contribution in [-0.4, -0.2) is 40.3 Å². The Kier molecular flexibility index (Phi) is 7.45. The second kappa shape index (κ2) is 10.7. The van der Waals surface area contributed by atoms with Gasteiger partial charge in [0.05, 0.1) is 26.6 Å². The topological polar surface area (TPSA) is 62.1 Å². The molecular formula is C26H30N4OS. The van der Waals surface area contributed by atoms with Gasteiger partial charge in [-0.25, -0.2) is 15.0 Å². The molecule has 0 amide bonds. The van der Waals surface area contributed by atoms with Gasteiger partial charge < -0.3 is 10.0 Å². The van der Waals surface area contributed by atoms with Gasteiger partial charge in [-0.3, -0.25) is 0 Å². The van der Waals surface area contributed by atoms with Crippen LogP contribution in [0.5, 0.6) is 0 Å². The molecule has 0 saturated carbocycles. The number of aliphatic hydroxyl groups excluding tert-OH is 1. The lowest BCUT2D eigenvalue weighted by Gasteiger charge is -2.18. The Labute approximate surface area is 193 Å². The second-order valence-corrected chi connectivity index (χ2v) is 9.22. The van der Waals surface area contributed by atoms with E-state index in [0.717, 1.165) is 60.1 Å². The molecule has 6 heteroatoms. The Morgan fingerprint density at radius 2 is 1.66 bits per heavy atom. The summed E-state index contributed by atoms with van der Waals surface area (Å²) in [5, 5.41) is 10.2. The molecule has 0 aliphatic carbocycles. The molecule has 2 heterocycles. The number of unbranched alkanes of at least 4 members (excludes halogenated alkanes) is 1. The molecule has 2 aromatic carbocycles. The summed E-state index contributed by atoms with van der Waals surface area (Å²) in [6.07, 6.45) is 4.19. The highest BCUT2D eigenvalue weighted by Crippen LogP contribution is 2.26. The molecule has 2 aromatic heterocycles. The first-order chi connectivity index (χ1) is 15.6. The van der Waals surface area contributed by atoms with E-state index < -0.39 is 0 Å². The number of aryl methyl sites for hydroxylation is 1. The quantitative estimate of drug-likeness (QED) is 0.346. The number of nitrogens with zero attached hydrogens (tertiary/aromatic N) is 4. The third kappa shape index (κ3) is 5.69. The van der Waals surface area contributed by atoms with E-state index in [1.165, 1.54) is 15.8 Å². The van der Waals surface area contributed by atoms with Gasteiger partial charge in [0.2, 0.25) is 5.95 Å². The monoisotopic (exact) mass is 446 g/mol. The maximum absolute atomic E-state index is 9.10. The van der Waals surface area contributed by atoms with E-state index in [9.17, 15) is 0 Å². The van der Waals surface area contributed by atoms with Crippen LogP contribution < -0.4 is 4.90 Å². The number of rotatable bonds is 10. The number of thiazole rings is 1. The maximum atomic E-state index is 9.10. The van der Waals surface area contributed by atoms with E-state index in [4.69, 9.17) is 20.1 Å². The normalized spacial score (nSPS) is 11.2. The zero-order valence-corrected chi connectivity index (χ0v) is 19.6. The van der Waals surface area contributed by atoms with Gasteiger partial charge in [-0.15, -0.1) is 11.3 Å². The predicted octanol–water partition coefficient (Wildman–Crippen LogP) is 5.04. The van der Waals surface area contributed by atoms with Crippen molar-refractivity contribution in [3.63, 3.8) is 0 Å². The zero-order valence-electron chi connectivity index (χ0n) is 18.8. The van der Waals surface area contributed by atoms with Gasteiger partial charge in [0.1, 0.15) is 0 Å². The Hall–Kier alpha value is -2.83. The van der Waals surface area contributed by atoms with E-state index in [-0.39, 0.29) is 6.61 Å². The first kappa shape index (κ1) is 22.4. The van der Waals surface area contributed by atoms with Gasteiger partial charge in [0, 0.05) is 33.0 Å². The summed E-state index contributed by atoms with van der Waals surface area (Å²) in [6, 6.07) is 19.1. The maximum Gasteiger partial charge on any atom is 0.225 e. The number of aliphatic hydroxyl groups is 1. The number of anilines is 1. The standard InChI is InChI=1S/C26H30N4OS/c1-3-19-11-12-23-24(16-19)32-25(29-23)18-22-17-21(15-20-9-5-4-6-10-20)27-26(28-22)30(2)13-7-8-14-31/h4-6,9-12,16-17,31H,3,7-8,13-15,18H2,1-2H3. The Bertz CT molecular complexity index is 1160. The third-order valence-electron chi connectivity index (χ3n) is 5.53. The van der Waals surface area contributed by atoms with Gasteiger partial charge in [-0.2, -0.15) is 0 Å². The lowest BCUT2D eigenvalue weighted by molar-refractivity contribution is 0.285. The number of hydrogen-bond acceptors (Lipinski definition) is 6. The molecule has 0 bridgehead atoms. The smallest absolute Gasteiger partial charge is 0.225 e. The number of hydrogen-bond donors (Lipinski definition) is 1. The molecular weight excluding hydrogens is 416 g/mol. The van der Waals surface area contributed by atoms with Crippen LogP contribution in [0.15, 0.2) is 54.6 Å². The fourth-order valence-electron chi connectivity index (χ4n) is 3.72. The van der Waals surface area contributed by atoms with Crippen LogP contribution in [0.1, 0.15) is 47.3 Å². The average Bonchev–Trinajstić information content (AvgIpc) is 3.21. The van der Waals surface area contributed by atoms with Crippen LogP contribution in [0.2, 0.25) is 0 Å². The van der Waals surface area contributed by atoms with Crippen LogP contribution in [0.25, 0.3) is 10.2 Å². The lowest BCUT2D eigenvalue weighted by Crippen LogP contribution is -2.22. The van der Waals surface area contributed by atoms with Crippen molar-refractivity contribution < 1.29 is 5.11 Å². The molecule has 32 heavy (non-hydrogen) atoms. The number of aromatic nitrogens is 3. The van der Waals surface area contributed by atoms with Crippen molar-refractivity contribution in [3.8, 4) is 0 Å². The van der Waals surface area contributed by atoms with Gasteiger partial charge >= 0.3 is 0 Å². The molecule has 5 nitrogen and oxygen atoms in total. The van der Waals surface area contributed by atoms with Gasteiger partial charge in [0.15, 0.2) is 0 Å². The highest BCUT2D eigenvalue weighted by Gasteiger charge is 2.12. The van der Waals surface area contributed by atoms with E-state index in [2.05, 4.69) is 60.4 Å². The lowest BCUT2D eigenvalue weighted by atomic mass is 10.1. The van der Waals surface area contributed by atoms with Crippen molar-refractivity contribution in [2.45, 2.75) is 39.0 Å². The van der Waals surface area contributed by atoms with Crippen molar-refractivity contribution >= 4 is 27.5 Å². The number of benzene rings is 2. The molecule has 4 aromatic rings. The minimum Gasteiger partial charge on any atom is -0.396 e. The van der Waals surface area contributed by atoms with Crippen LogP contribution >= 0.6 is 11.3 Å². The fourth-order valence-corrected chi connectivity index (χ4v) is 4.77. The molecule has 166 valence electrons. The summed E-state index contributed by atoms with van der Waals surface area (Å²) < 4.78 is 1.24. The Morgan fingerprint density at radius 3 is 2.41 bits per heavy atom. The summed E-state index contributed by atoms with van der Waals surface area (Å²) in [4.78, 5) is 16.7. The van der Waals surface area contributed by atoms with Gasteiger partial charge in [-0.05, 0) is 48.6 Å². The molecule has 0 saturated heterocycles. The zero-order chi connectivity index (χ0) is 22.3. The minimum absolute atomic E-state index is 0.214. The first-order valence-electron chi connectivity index (χ1n) is 11.3. The van der Waals surface area contributed by atoms with Crippen molar-refractivity contribution in [1.29, 1.82) is 0 Å². The molecule has 0 unspecified atom stereocenters. The van der Waals surface area contributed by atoms with E-state index in [1.54, 1.807) is 11.3 Å². The van der Waals surface area contributed by atoms with Crippen LogP contribution in [0.3, 0.4) is 0 Å². The minimum atomic E-state index is 0.214. The van der Waals surface area contributed by atoms with Crippen LogP contribution in [0.4, 0.5) is 5.95 Å². The summed E-state index contributed by atoms with van der Waals surface area (Å²) in [5.41, 5.74) is 5.64. The fraction of sp³-hybridized carbons (Fsp3) is 0.346. The number of fused-ring (bicyclic) bond motifs is 1. The molecule has 1 N–H and O–H groups in total. The summed E-state index contributed by atoms with van der Waals surface area (Å²) in [5.74, 6) is 0.737. The third-order valence-corrected chi connectivity index (χ3v) is 6.55. The van der Waals surface area contributed by atoms with Gasteiger partial charge in [0.25, 0.3) is 0 Å².